The fourth-order valence-electron chi connectivity index (χ4n) is 1.60. The maximum absolute atomic E-state index is 10.9. The lowest BCUT2D eigenvalue weighted by Crippen LogP contribution is -2.16. The maximum Gasteiger partial charge on any atom is 0.311 e. The van der Waals surface area contributed by atoms with Gasteiger partial charge < -0.3 is 5.11 Å². The summed E-state index contributed by atoms with van der Waals surface area (Å²) in [7, 11) is 0. The number of benzene rings is 1. The molecule has 0 aliphatic carbocycles. The number of carbonyl (C=O) groups is 1. The van der Waals surface area contributed by atoms with Gasteiger partial charge in [-0.15, -0.1) is 11.8 Å². The summed E-state index contributed by atoms with van der Waals surface area (Å²) in [5, 5.41) is 8.98. The van der Waals surface area contributed by atoms with Gasteiger partial charge in [0.15, 0.2) is 0 Å². The molecule has 68 valence electrons. The van der Waals surface area contributed by atoms with E-state index in [2.05, 4.69) is 0 Å². The molecule has 0 aromatic heterocycles. The Balaban J connectivity index is 2.42. The van der Waals surface area contributed by atoms with E-state index in [1.165, 1.54) is 0 Å². The summed E-state index contributed by atoms with van der Waals surface area (Å²) >= 11 is 1.75. The number of rotatable bonds is 1. The Morgan fingerprint density at radius 1 is 1.46 bits per heavy atom. The highest BCUT2D eigenvalue weighted by Gasteiger charge is 2.25. The van der Waals surface area contributed by atoms with E-state index < -0.39 is 5.97 Å². The molecule has 1 aromatic rings. The van der Waals surface area contributed by atoms with Gasteiger partial charge in [-0.2, -0.15) is 0 Å². The minimum atomic E-state index is -0.701. The molecule has 1 aliphatic heterocycles. The minimum absolute atomic E-state index is 0.294. The Morgan fingerprint density at radius 2 is 2.23 bits per heavy atom. The molecule has 0 saturated heterocycles. The van der Waals surface area contributed by atoms with Crippen molar-refractivity contribution < 1.29 is 9.90 Å². The largest absolute Gasteiger partial charge is 0.481 e. The van der Waals surface area contributed by atoms with Gasteiger partial charge in [0.25, 0.3) is 0 Å². The molecule has 0 unspecified atom stereocenters. The van der Waals surface area contributed by atoms with Crippen LogP contribution in [-0.4, -0.2) is 16.8 Å². The molecule has 1 aromatic carbocycles. The lowest BCUT2D eigenvalue weighted by Gasteiger charge is -2.21. The lowest BCUT2D eigenvalue weighted by molar-refractivity contribution is -0.138. The van der Waals surface area contributed by atoms with E-state index in [1.807, 2.05) is 24.3 Å². The molecule has 13 heavy (non-hydrogen) atoms. The fraction of sp³-hybridized carbons (Fsp3) is 0.300. The molecule has 1 heterocycles. The normalized spacial score (nSPS) is 20.8. The molecular formula is C10H10O2S. The first kappa shape index (κ1) is 8.63. The Bertz CT molecular complexity index is 335. The van der Waals surface area contributed by atoms with Crippen LogP contribution in [0.15, 0.2) is 29.2 Å². The number of fused-ring (bicyclic) bond motifs is 1. The van der Waals surface area contributed by atoms with Crippen molar-refractivity contribution in [3.05, 3.63) is 29.8 Å². The molecule has 1 aliphatic rings. The zero-order valence-electron chi connectivity index (χ0n) is 7.06. The van der Waals surface area contributed by atoms with Gasteiger partial charge in [0.1, 0.15) is 0 Å². The number of carboxylic acid groups (broad SMARTS) is 1. The molecule has 0 saturated carbocycles. The molecule has 2 rings (SSSR count). The van der Waals surface area contributed by atoms with Crippen LogP contribution >= 0.6 is 11.8 Å². The number of hydrogen-bond donors (Lipinski definition) is 1. The van der Waals surface area contributed by atoms with E-state index in [9.17, 15) is 4.79 Å². The van der Waals surface area contributed by atoms with E-state index in [1.54, 1.807) is 11.8 Å². The van der Waals surface area contributed by atoms with Gasteiger partial charge in [-0.1, -0.05) is 18.2 Å². The highest BCUT2D eigenvalue weighted by atomic mass is 32.2. The average Bonchev–Trinajstić information content (AvgIpc) is 2.17. The zero-order valence-corrected chi connectivity index (χ0v) is 7.88. The van der Waals surface area contributed by atoms with Crippen molar-refractivity contribution in [2.45, 2.75) is 17.2 Å². The first-order valence-corrected chi connectivity index (χ1v) is 5.22. The third-order valence-electron chi connectivity index (χ3n) is 2.26. The van der Waals surface area contributed by atoms with Crippen LogP contribution in [0, 0.1) is 0 Å². The summed E-state index contributed by atoms with van der Waals surface area (Å²) in [4.78, 5) is 12.0. The van der Waals surface area contributed by atoms with E-state index in [0.29, 0.717) is 0 Å². The smallest absolute Gasteiger partial charge is 0.311 e. The summed E-state index contributed by atoms with van der Waals surface area (Å²) in [6.07, 6.45) is 0.747. The van der Waals surface area contributed by atoms with Crippen molar-refractivity contribution in [1.29, 1.82) is 0 Å². The van der Waals surface area contributed by atoms with Gasteiger partial charge in [-0.25, -0.2) is 0 Å². The summed E-state index contributed by atoms with van der Waals surface area (Å²) in [5.41, 5.74) is 0.978. The summed E-state index contributed by atoms with van der Waals surface area (Å²) in [5.74, 6) is -0.0845. The van der Waals surface area contributed by atoms with Crippen LogP contribution in [0.25, 0.3) is 0 Å². The average molecular weight is 194 g/mol. The molecule has 3 heteroatoms. The third kappa shape index (κ3) is 1.56. The molecule has 0 amide bonds. The SMILES string of the molecule is O=C(O)[C@H]1CCSc2ccccc21. The van der Waals surface area contributed by atoms with Gasteiger partial charge in [0.05, 0.1) is 5.92 Å². The molecule has 1 atom stereocenters. The lowest BCUT2D eigenvalue weighted by atomic mass is 9.96. The predicted molar refractivity (Wildman–Crippen MR) is 52.2 cm³/mol. The van der Waals surface area contributed by atoms with Crippen LogP contribution in [-0.2, 0) is 4.79 Å². The highest BCUT2D eigenvalue weighted by Crippen LogP contribution is 2.37. The van der Waals surface area contributed by atoms with Gasteiger partial charge in [0.2, 0.25) is 0 Å². The van der Waals surface area contributed by atoms with Crippen LogP contribution in [0.4, 0.5) is 0 Å². The third-order valence-corrected chi connectivity index (χ3v) is 3.38. The molecule has 0 bridgehead atoms. The van der Waals surface area contributed by atoms with E-state index in [4.69, 9.17) is 5.11 Å². The first-order valence-electron chi connectivity index (χ1n) is 4.23. The van der Waals surface area contributed by atoms with Crippen LogP contribution in [0.1, 0.15) is 17.9 Å². The van der Waals surface area contributed by atoms with Gasteiger partial charge in [-0.05, 0) is 23.8 Å². The van der Waals surface area contributed by atoms with E-state index in [0.717, 1.165) is 22.6 Å². The van der Waals surface area contributed by atoms with Crippen LogP contribution in [0.5, 0.6) is 0 Å². The Kier molecular flexibility index (Phi) is 2.27. The number of aliphatic carboxylic acids is 1. The van der Waals surface area contributed by atoms with Crippen molar-refractivity contribution >= 4 is 17.7 Å². The van der Waals surface area contributed by atoms with Crippen LogP contribution < -0.4 is 0 Å². The number of hydrogen-bond acceptors (Lipinski definition) is 2. The fourth-order valence-corrected chi connectivity index (χ4v) is 2.72. The van der Waals surface area contributed by atoms with Gasteiger partial charge in [-0.3, -0.25) is 4.79 Å². The maximum atomic E-state index is 10.9. The Labute approximate surface area is 81.0 Å². The Morgan fingerprint density at radius 3 is 3.00 bits per heavy atom. The second kappa shape index (κ2) is 3.42. The Hall–Kier alpha value is -0.960. The molecule has 0 fully saturated rings. The first-order chi connectivity index (χ1) is 6.29. The second-order valence-corrected chi connectivity index (χ2v) is 4.20. The van der Waals surface area contributed by atoms with Crippen LogP contribution in [0.3, 0.4) is 0 Å². The highest BCUT2D eigenvalue weighted by molar-refractivity contribution is 7.99. The van der Waals surface area contributed by atoms with E-state index in [-0.39, 0.29) is 5.92 Å². The quantitative estimate of drug-likeness (QED) is 0.745. The monoisotopic (exact) mass is 194 g/mol. The minimum Gasteiger partial charge on any atom is -0.481 e. The van der Waals surface area contributed by atoms with Crippen molar-refractivity contribution in [2.24, 2.45) is 0 Å². The molecule has 1 N–H and O–H groups in total. The van der Waals surface area contributed by atoms with Crippen molar-refractivity contribution in [3.63, 3.8) is 0 Å². The topological polar surface area (TPSA) is 37.3 Å². The summed E-state index contributed by atoms with van der Waals surface area (Å²) in [6, 6.07) is 7.77. The van der Waals surface area contributed by atoms with Crippen molar-refractivity contribution in [3.8, 4) is 0 Å². The second-order valence-electron chi connectivity index (χ2n) is 3.07. The van der Waals surface area contributed by atoms with Gasteiger partial charge in [0, 0.05) is 4.90 Å². The summed E-state index contributed by atoms with van der Waals surface area (Å²) < 4.78 is 0. The molecule has 0 spiro atoms. The number of carboxylic acids is 1. The molecule has 0 radical (unpaired) electrons. The van der Waals surface area contributed by atoms with Crippen LogP contribution in [0.2, 0.25) is 0 Å². The van der Waals surface area contributed by atoms with Crippen molar-refractivity contribution in [2.75, 3.05) is 5.75 Å². The summed E-state index contributed by atoms with van der Waals surface area (Å²) in [6.45, 7) is 0. The molecule has 2 nitrogen and oxygen atoms in total. The number of thioether (sulfide) groups is 1. The predicted octanol–water partition coefficient (Wildman–Crippen LogP) is 2.35. The standard InChI is InChI=1S/C10H10O2S/c11-10(12)8-5-6-13-9-4-2-1-3-7(8)9/h1-4,8H,5-6H2,(H,11,12)/t8-/m0/s1. The van der Waals surface area contributed by atoms with E-state index >= 15 is 0 Å². The molecular weight excluding hydrogens is 184 g/mol. The van der Waals surface area contributed by atoms with Crippen molar-refractivity contribution in [1.82, 2.24) is 0 Å². The zero-order chi connectivity index (χ0) is 9.26. The van der Waals surface area contributed by atoms with Gasteiger partial charge >= 0.3 is 5.97 Å².